The van der Waals surface area contributed by atoms with Crippen LogP contribution in [0.4, 0.5) is 0 Å². The Kier molecular flexibility index (Phi) is 4.51. The lowest BCUT2D eigenvalue weighted by Gasteiger charge is -2.20. The SMILES string of the molecule is CCC[S@](=O)CC1=CC=C[C@H](O)[C@@H]1O. The van der Waals surface area contributed by atoms with E-state index < -0.39 is 23.0 Å². The Morgan fingerprint density at radius 3 is 2.86 bits per heavy atom. The first-order valence-electron chi connectivity index (χ1n) is 4.73. The van der Waals surface area contributed by atoms with E-state index in [9.17, 15) is 14.4 Å². The molecule has 4 heteroatoms. The summed E-state index contributed by atoms with van der Waals surface area (Å²) in [4.78, 5) is 0. The van der Waals surface area contributed by atoms with Gasteiger partial charge in [0.1, 0.15) is 12.2 Å². The van der Waals surface area contributed by atoms with Crippen LogP contribution in [0.3, 0.4) is 0 Å². The van der Waals surface area contributed by atoms with E-state index in [2.05, 4.69) is 0 Å². The lowest BCUT2D eigenvalue weighted by molar-refractivity contribution is 0.0719. The van der Waals surface area contributed by atoms with Crippen LogP contribution < -0.4 is 0 Å². The number of hydrogen-bond acceptors (Lipinski definition) is 3. The molecule has 0 radical (unpaired) electrons. The standard InChI is InChI=1S/C10H16O3S/c1-2-6-14(13)7-8-4-3-5-9(11)10(8)12/h3-5,9-12H,2,6-7H2,1H3/t9-,10+,14-/m0/s1. The van der Waals surface area contributed by atoms with Crippen molar-refractivity contribution in [2.24, 2.45) is 0 Å². The molecule has 80 valence electrons. The summed E-state index contributed by atoms with van der Waals surface area (Å²) in [5.41, 5.74) is 0.659. The smallest absolute Gasteiger partial charge is 0.106 e. The summed E-state index contributed by atoms with van der Waals surface area (Å²) >= 11 is 0. The summed E-state index contributed by atoms with van der Waals surface area (Å²) in [6, 6.07) is 0. The van der Waals surface area contributed by atoms with Crippen molar-refractivity contribution in [2.75, 3.05) is 11.5 Å². The number of rotatable bonds is 4. The van der Waals surface area contributed by atoms with Gasteiger partial charge in [-0.1, -0.05) is 25.2 Å². The normalized spacial score (nSPS) is 28.6. The number of hydrogen-bond donors (Lipinski definition) is 2. The maximum absolute atomic E-state index is 11.4. The first kappa shape index (κ1) is 11.6. The molecule has 0 spiro atoms. The van der Waals surface area contributed by atoms with Crippen molar-refractivity contribution in [1.29, 1.82) is 0 Å². The maximum Gasteiger partial charge on any atom is 0.106 e. The summed E-state index contributed by atoms with van der Waals surface area (Å²) in [5, 5.41) is 18.9. The van der Waals surface area contributed by atoms with E-state index in [1.807, 2.05) is 6.92 Å². The Bertz CT molecular complexity index is 271. The van der Waals surface area contributed by atoms with Gasteiger partial charge in [0.05, 0.1) is 0 Å². The molecule has 0 amide bonds. The molecule has 0 fully saturated rings. The second-order valence-electron chi connectivity index (χ2n) is 3.35. The van der Waals surface area contributed by atoms with Gasteiger partial charge in [-0.25, -0.2) is 0 Å². The highest BCUT2D eigenvalue weighted by molar-refractivity contribution is 7.85. The van der Waals surface area contributed by atoms with Crippen LogP contribution >= 0.6 is 0 Å². The van der Waals surface area contributed by atoms with Gasteiger partial charge in [0.25, 0.3) is 0 Å². The molecule has 0 aromatic carbocycles. The van der Waals surface area contributed by atoms with Gasteiger partial charge in [-0.3, -0.25) is 4.21 Å². The summed E-state index contributed by atoms with van der Waals surface area (Å²) in [6.07, 6.45) is 4.07. The fourth-order valence-corrected chi connectivity index (χ4v) is 2.57. The fraction of sp³-hybridized carbons (Fsp3) is 0.600. The molecule has 1 rings (SSSR count). The van der Waals surface area contributed by atoms with E-state index in [0.717, 1.165) is 6.42 Å². The monoisotopic (exact) mass is 216 g/mol. The average Bonchev–Trinajstić information content (AvgIpc) is 2.13. The second kappa shape index (κ2) is 5.44. The molecule has 0 unspecified atom stereocenters. The molecule has 14 heavy (non-hydrogen) atoms. The predicted molar refractivity (Wildman–Crippen MR) is 57.4 cm³/mol. The quantitative estimate of drug-likeness (QED) is 0.713. The molecule has 1 aliphatic carbocycles. The van der Waals surface area contributed by atoms with Gasteiger partial charge in [0.2, 0.25) is 0 Å². The van der Waals surface area contributed by atoms with Gasteiger partial charge in [-0.2, -0.15) is 0 Å². The minimum Gasteiger partial charge on any atom is -0.386 e. The summed E-state index contributed by atoms with van der Waals surface area (Å²) in [6.45, 7) is 1.97. The highest BCUT2D eigenvalue weighted by atomic mass is 32.2. The molecule has 0 aliphatic heterocycles. The highest BCUT2D eigenvalue weighted by Crippen LogP contribution is 2.14. The lowest BCUT2D eigenvalue weighted by atomic mass is 10.0. The molecule has 0 heterocycles. The van der Waals surface area contributed by atoms with Gasteiger partial charge in [0.15, 0.2) is 0 Å². The molecular formula is C10H16O3S. The van der Waals surface area contributed by atoms with Crippen molar-refractivity contribution in [3.05, 3.63) is 23.8 Å². The highest BCUT2D eigenvalue weighted by Gasteiger charge is 2.21. The van der Waals surface area contributed by atoms with Crippen LogP contribution in [0.2, 0.25) is 0 Å². The molecule has 2 N–H and O–H groups in total. The summed E-state index contributed by atoms with van der Waals surface area (Å²) < 4.78 is 11.4. The van der Waals surface area contributed by atoms with Crippen molar-refractivity contribution in [2.45, 2.75) is 25.6 Å². The third-order valence-electron chi connectivity index (χ3n) is 2.08. The van der Waals surface area contributed by atoms with Crippen LogP contribution in [0.1, 0.15) is 13.3 Å². The Labute approximate surface area is 86.6 Å². The van der Waals surface area contributed by atoms with E-state index >= 15 is 0 Å². The molecule has 0 bridgehead atoms. The van der Waals surface area contributed by atoms with Gasteiger partial charge in [-0.05, 0) is 12.0 Å². The number of aliphatic hydroxyl groups excluding tert-OH is 2. The minimum atomic E-state index is -0.927. The van der Waals surface area contributed by atoms with Crippen LogP contribution in [0, 0.1) is 0 Å². The fourth-order valence-electron chi connectivity index (χ4n) is 1.34. The third kappa shape index (κ3) is 3.04. The Balaban J connectivity index is 2.55. The van der Waals surface area contributed by atoms with Crippen molar-refractivity contribution in [1.82, 2.24) is 0 Å². The Hall–Kier alpha value is -0.450. The van der Waals surface area contributed by atoms with Gasteiger partial charge < -0.3 is 10.2 Å². The first-order valence-corrected chi connectivity index (χ1v) is 6.22. The zero-order chi connectivity index (χ0) is 10.6. The molecule has 0 saturated heterocycles. The van der Waals surface area contributed by atoms with Gasteiger partial charge in [-0.15, -0.1) is 0 Å². The van der Waals surface area contributed by atoms with E-state index in [1.165, 1.54) is 6.08 Å². The van der Waals surface area contributed by atoms with Crippen molar-refractivity contribution in [3.8, 4) is 0 Å². The zero-order valence-electron chi connectivity index (χ0n) is 8.22. The average molecular weight is 216 g/mol. The van der Waals surface area contributed by atoms with E-state index in [4.69, 9.17) is 0 Å². The first-order chi connectivity index (χ1) is 6.65. The molecule has 1 aliphatic rings. The van der Waals surface area contributed by atoms with Crippen molar-refractivity contribution in [3.63, 3.8) is 0 Å². The molecule has 3 atom stereocenters. The zero-order valence-corrected chi connectivity index (χ0v) is 9.04. The van der Waals surface area contributed by atoms with Crippen molar-refractivity contribution < 1.29 is 14.4 Å². The summed E-state index contributed by atoms with van der Waals surface area (Å²) in [5.74, 6) is 1.00. The largest absolute Gasteiger partial charge is 0.386 e. The minimum absolute atomic E-state index is 0.358. The molecular weight excluding hydrogens is 200 g/mol. The topological polar surface area (TPSA) is 57.5 Å². The number of allylic oxidation sites excluding steroid dienone is 2. The maximum atomic E-state index is 11.4. The Morgan fingerprint density at radius 2 is 2.21 bits per heavy atom. The number of aliphatic hydroxyl groups is 2. The van der Waals surface area contributed by atoms with Gasteiger partial charge >= 0.3 is 0 Å². The summed E-state index contributed by atoms with van der Waals surface area (Å²) in [7, 11) is -0.927. The van der Waals surface area contributed by atoms with Crippen LogP contribution in [-0.2, 0) is 10.8 Å². The van der Waals surface area contributed by atoms with E-state index in [-0.39, 0.29) is 0 Å². The van der Waals surface area contributed by atoms with E-state index in [1.54, 1.807) is 12.2 Å². The lowest BCUT2D eigenvalue weighted by Crippen LogP contribution is -2.30. The van der Waals surface area contributed by atoms with Gasteiger partial charge in [0, 0.05) is 22.3 Å². The molecule has 0 saturated carbocycles. The predicted octanol–water partition coefficient (Wildman–Crippen LogP) is 0.363. The molecule has 0 aromatic heterocycles. The van der Waals surface area contributed by atoms with Crippen LogP contribution in [0.15, 0.2) is 23.8 Å². The second-order valence-corrected chi connectivity index (χ2v) is 4.93. The molecule has 0 aromatic rings. The van der Waals surface area contributed by atoms with Crippen molar-refractivity contribution >= 4 is 10.8 Å². The molecule has 3 nitrogen and oxygen atoms in total. The van der Waals surface area contributed by atoms with Crippen LogP contribution in [0.25, 0.3) is 0 Å². The van der Waals surface area contributed by atoms with E-state index in [0.29, 0.717) is 17.1 Å². The van der Waals surface area contributed by atoms with Crippen LogP contribution in [-0.4, -0.2) is 38.1 Å². The van der Waals surface area contributed by atoms with Crippen LogP contribution in [0.5, 0.6) is 0 Å². The Morgan fingerprint density at radius 1 is 1.50 bits per heavy atom. The third-order valence-corrected chi connectivity index (χ3v) is 3.60.